The number of hydrogen-bond acceptors (Lipinski definition) is 3. The van der Waals surface area contributed by atoms with Crippen LogP contribution in [0.2, 0.25) is 0 Å². The van der Waals surface area contributed by atoms with Gasteiger partial charge in [0.1, 0.15) is 5.25 Å². The van der Waals surface area contributed by atoms with Crippen LogP contribution < -0.4 is 0 Å². The van der Waals surface area contributed by atoms with Crippen molar-refractivity contribution in [3.8, 4) is 0 Å². The third kappa shape index (κ3) is 5.25. The van der Waals surface area contributed by atoms with Gasteiger partial charge in [0.15, 0.2) is 0 Å². The van der Waals surface area contributed by atoms with Crippen LogP contribution in [0.5, 0.6) is 0 Å². The van der Waals surface area contributed by atoms with Crippen LogP contribution in [0.4, 0.5) is 0 Å². The Bertz CT molecular complexity index is 468. The van der Waals surface area contributed by atoms with E-state index in [4.69, 9.17) is 4.74 Å². The Labute approximate surface area is 128 Å². The van der Waals surface area contributed by atoms with Gasteiger partial charge in [-0.1, -0.05) is 30.3 Å². The summed E-state index contributed by atoms with van der Waals surface area (Å²) in [6, 6.07) is 9.38. The van der Waals surface area contributed by atoms with Crippen LogP contribution in [0.3, 0.4) is 0 Å². The number of aliphatic carboxylic acids is 1. The lowest BCUT2D eigenvalue weighted by atomic mass is 10.1. The van der Waals surface area contributed by atoms with Crippen molar-refractivity contribution in [2.75, 3.05) is 12.4 Å². The van der Waals surface area contributed by atoms with Gasteiger partial charge in [-0.2, -0.15) is 0 Å². The summed E-state index contributed by atoms with van der Waals surface area (Å²) in [4.78, 5) is 11.3. The predicted octanol–water partition coefficient (Wildman–Crippen LogP) is 2.39. The van der Waals surface area contributed by atoms with Crippen molar-refractivity contribution in [2.45, 2.75) is 43.5 Å². The molecule has 2 rings (SSSR count). The Hall–Kier alpha value is -1.20. The number of carboxylic acids is 1. The SMILES string of the molecule is O=C(O)C(Cc1ccccc1)S(=O)CCCC1CCCO1. The van der Waals surface area contributed by atoms with Crippen molar-refractivity contribution < 1.29 is 18.8 Å². The van der Waals surface area contributed by atoms with E-state index in [1.54, 1.807) is 0 Å². The third-order valence-corrected chi connectivity index (χ3v) is 5.45. The van der Waals surface area contributed by atoms with Crippen molar-refractivity contribution in [1.29, 1.82) is 0 Å². The van der Waals surface area contributed by atoms with Crippen LogP contribution in [-0.4, -0.2) is 39.0 Å². The van der Waals surface area contributed by atoms with E-state index >= 15 is 0 Å². The molecule has 3 unspecified atom stereocenters. The molecular formula is C16H22O4S. The molecular weight excluding hydrogens is 288 g/mol. The monoisotopic (exact) mass is 310 g/mol. The van der Waals surface area contributed by atoms with Gasteiger partial charge in [-0.25, -0.2) is 0 Å². The topological polar surface area (TPSA) is 63.6 Å². The van der Waals surface area contributed by atoms with Gasteiger partial charge < -0.3 is 9.84 Å². The minimum absolute atomic E-state index is 0.277. The highest BCUT2D eigenvalue weighted by Gasteiger charge is 2.25. The van der Waals surface area contributed by atoms with Crippen molar-refractivity contribution >= 4 is 16.8 Å². The van der Waals surface area contributed by atoms with E-state index in [1.165, 1.54) is 0 Å². The fourth-order valence-corrected chi connectivity index (χ4v) is 3.93. The number of carboxylic acid groups (broad SMARTS) is 1. The Morgan fingerprint density at radius 1 is 1.38 bits per heavy atom. The molecule has 0 aromatic heterocycles. The fraction of sp³-hybridized carbons (Fsp3) is 0.562. The first-order valence-corrected chi connectivity index (χ1v) is 8.80. The maximum absolute atomic E-state index is 12.3. The van der Waals surface area contributed by atoms with E-state index in [2.05, 4.69) is 0 Å². The molecule has 0 aliphatic carbocycles. The highest BCUT2D eigenvalue weighted by atomic mass is 32.2. The first-order valence-electron chi connectivity index (χ1n) is 7.42. The first kappa shape index (κ1) is 16.2. The number of rotatable bonds is 8. The van der Waals surface area contributed by atoms with E-state index in [-0.39, 0.29) is 6.10 Å². The van der Waals surface area contributed by atoms with E-state index in [0.29, 0.717) is 12.2 Å². The van der Waals surface area contributed by atoms with Crippen LogP contribution in [0.1, 0.15) is 31.2 Å². The largest absolute Gasteiger partial charge is 0.480 e. The van der Waals surface area contributed by atoms with Gasteiger partial charge in [-0.15, -0.1) is 0 Å². The Balaban J connectivity index is 1.82. The van der Waals surface area contributed by atoms with Gasteiger partial charge in [0.25, 0.3) is 0 Å². The second kappa shape index (κ2) is 8.29. The molecule has 0 radical (unpaired) electrons. The second-order valence-electron chi connectivity index (χ2n) is 5.38. The summed E-state index contributed by atoms with van der Waals surface area (Å²) in [5, 5.41) is 8.48. The molecule has 21 heavy (non-hydrogen) atoms. The van der Waals surface area contributed by atoms with E-state index in [9.17, 15) is 14.1 Å². The van der Waals surface area contributed by atoms with Crippen LogP contribution in [0, 0.1) is 0 Å². The maximum atomic E-state index is 12.3. The van der Waals surface area contributed by atoms with Crippen molar-refractivity contribution in [2.24, 2.45) is 0 Å². The predicted molar refractivity (Wildman–Crippen MR) is 82.8 cm³/mol. The molecule has 0 bridgehead atoms. The molecule has 0 spiro atoms. The standard InChI is InChI=1S/C16H22O4S/c17-16(18)15(12-13-6-2-1-3-7-13)21(19)11-5-9-14-8-4-10-20-14/h1-3,6-7,14-15H,4-5,8-12H2,(H,17,18). The number of benzene rings is 1. The van der Waals surface area contributed by atoms with Gasteiger partial charge >= 0.3 is 5.97 Å². The number of hydrogen-bond donors (Lipinski definition) is 1. The van der Waals surface area contributed by atoms with Gasteiger partial charge in [-0.05, 0) is 37.7 Å². The Morgan fingerprint density at radius 2 is 2.14 bits per heavy atom. The second-order valence-corrected chi connectivity index (χ2v) is 7.12. The molecule has 1 heterocycles. The highest BCUT2D eigenvalue weighted by Crippen LogP contribution is 2.18. The zero-order chi connectivity index (χ0) is 15.1. The Morgan fingerprint density at radius 3 is 2.76 bits per heavy atom. The van der Waals surface area contributed by atoms with Gasteiger partial charge in [-0.3, -0.25) is 9.00 Å². The maximum Gasteiger partial charge on any atom is 0.319 e. The minimum atomic E-state index is -1.34. The average molecular weight is 310 g/mol. The van der Waals surface area contributed by atoms with Gasteiger partial charge in [0.05, 0.1) is 6.10 Å². The molecule has 1 aliphatic rings. The molecule has 1 N–H and O–H groups in total. The fourth-order valence-electron chi connectivity index (χ4n) is 2.59. The number of ether oxygens (including phenoxy) is 1. The summed E-state index contributed by atoms with van der Waals surface area (Å²) >= 11 is 0. The molecule has 116 valence electrons. The summed E-state index contributed by atoms with van der Waals surface area (Å²) < 4.78 is 17.8. The molecule has 1 aliphatic heterocycles. The number of carbonyl (C=O) groups is 1. The molecule has 0 saturated carbocycles. The van der Waals surface area contributed by atoms with E-state index < -0.39 is 22.0 Å². The summed E-state index contributed by atoms with van der Waals surface area (Å²) in [5.74, 6) is -0.543. The van der Waals surface area contributed by atoms with E-state index in [1.807, 2.05) is 30.3 Å². The first-order chi connectivity index (χ1) is 10.2. The van der Waals surface area contributed by atoms with Crippen LogP contribution in [-0.2, 0) is 26.8 Å². The lowest BCUT2D eigenvalue weighted by molar-refractivity contribution is -0.136. The third-order valence-electron chi connectivity index (χ3n) is 3.75. The smallest absolute Gasteiger partial charge is 0.319 e. The van der Waals surface area contributed by atoms with E-state index in [0.717, 1.165) is 37.9 Å². The van der Waals surface area contributed by atoms with Crippen LogP contribution in [0.25, 0.3) is 0 Å². The van der Waals surface area contributed by atoms with Crippen molar-refractivity contribution in [3.63, 3.8) is 0 Å². The van der Waals surface area contributed by atoms with Crippen LogP contribution >= 0.6 is 0 Å². The Kier molecular flexibility index (Phi) is 6.39. The summed E-state index contributed by atoms with van der Waals surface area (Å²) in [5.41, 5.74) is 0.914. The normalized spacial score (nSPS) is 21.0. The molecule has 0 amide bonds. The summed E-state index contributed by atoms with van der Waals surface area (Å²) in [6.07, 6.45) is 4.40. The molecule has 3 atom stereocenters. The van der Waals surface area contributed by atoms with Gasteiger partial charge in [0, 0.05) is 23.2 Å². The van der Waals surface area contributed by atoms with Gasteiger partial charge in [0.2, 0.25) is 0 Å². The lowest BCUT2D eigenvalue weighted by Crippen LogP contribution is -2.29. The minimum Gasteiger partial charge on any atom is -0.480 e. The van der Waals surface area contributed by atoms with Crippen LogP contribution in [0.15, 0.2) is 30.3 Å². The lowest BCUT2D eigenvalue weighted by Gasteiger charge is -2.13. The molecule has 4 nitrogen and oxygen atoms in total. The molecule has 1 aromatic rings. The quantitative estimate of drug-likeness (QED) is 0.801. The summed E-state index contributed by atoms with van der Waals surface area (Å²) in [7, 11) is -1.34. The highest BCUT2D eigenvalue weighted by molar-refractivity contribution is 7.86. The van der Waals surface area contributed by atoms with Crippen molar-refractivity contribution in [3.05, 3.63) is 35.9 Å². The zero-order valence-corrected chi connectivity index (χ0v) is 12.9. The van der Waals surface area contributed by atoms with Crippen molar-refractivity contribution in [1.82, 2.24) is 0 Å². The molecule has 1 saturated heterocycles. The molecule has 1 aromatic carbocycles. The molecule has 1 fully saturated rings. The zero-order valence-electron chi connectivity index (χ0n) is 12.1. The molecule has 5 heteroatoms. The average Bonchev–Trinajstić information content (AvgIpc) is 2.98. The summed E-state index contributed by atoms with van der Waals surface area (Å²) in [6.45, 7) is 0.819.